The molecule has 0 unspecified atom stereocenters. The normalized spacial score (nSPS) is 17.4. The van der Waals surface area contributed by atoms with Gasteiger partial charge in [-0.25, -0.2) is 4.98 Å². The van der Waals surface area contributed by atoms with Crippen molar-refractivity contribution in [3.63, 3.8) is 0 Å². The number of hydrogen-bond acceptors (Lipinski definition) is 3. The molecule has 5 heteroatoms. The van der Waals surface area contributed by atoms with E-state index in [4.69, 9.17) is 4.74 Å². The van der Waals surface area contributed by atoms with Gasteiger partial charge in [0.25, 0.3) is 0 Å². The summed E-state index contributed by atoms with van der Waals surface area (Å²) in [7, 11) is 0. The highest BCUT2D eigenvalue weighted by atomic mass is 79.9. The van der Waals surface area contributed by atoms with E-state index >= 15 is 0 Å². The van der Waals surface area contributed by atoms with E-state index in [0.29, 0.717) is 13.2 Å². The molecule has 1 fully saturated rings. The molecule has 1 aromatic heterocycles. The van der Waals surface area contributed by atoms with E-state index in [1.807, 2.05) is 24.3 Å². The Kier molecular flexibility index (Phi) is 2.97. The third kappa shape index (κ3) is 1.88. The second-order valence-electron chi connectivity index (χ2n) is 4.58. The summed E-state index contributed by atoms with van der Waals surface area (Å²) in [6, 6.07) is 8.02. The van der Waals surface area contributed by atoms with Gasteiger partial charge in [-0.3, -0.25) is 0 Å². The summed E-state index contributed by atoms with van der Waals surface area (Å²) in [5, 5.41) is 9.46. The fourth-order valence-corrected chi connectivity index (χ4v) is 2.28. The van der Waals surface area contributed by atoms with Gasteiger partial charge in [-0.2, -0.15) is 0 Å². The number of aromatic nitrogens is 2. The molecule has 1 aromatic carbocycles. The zero-order chi connectivity index (χ0) is 12.6. The highest BCUT2D eigenvalue weighted by molar-refractivity contribution is 9.10. The Balaban J connectivity index is 1.91. The molecule has 0 bridgehead atoms. The maximum Gasteiger partial charge on any atom is 0.119 e. The van der Waals surface area contributed by atoms with E-state index in [0.717, 1.165) is 21.6 Å². The lowest BCUT2D eigenvalue weighted by atomic mass is 9.86. The third-order valence-corrected chi connectivity index (χ3v) is 3.82. The predicted octanol–water partition coefficient (Wildman–Crippen LogP) is 2.10. The monoisotopic (exact) mass is 308 g/mol. The zero-order valence-corrected chi connectivity index (χ0v) is 11.3. The molecular weight excluding hydrogens is 296 g/mol. The van der Waals surface area contributed by atoms with E-state index < -0.39 is 0 Å². The van der Waals surface area contributed by atoms with Crippen molar-refractivity contribution in [2.45, 2.75) is 5.41 Å². The number of rotatable bonds is 3. The van der Waals surface area contributed by atoms with Crippen molar-refractivity contribution in [3.05, 3.63) is 40.8 Å². The SMILES string of the molecule is OCC1(c2ncc(-c3ccc(Br)cc3)[nH]2)COC1. The van der Waals surface area contributed by atoms with Gasteiger partial charge in [0.2, 0.25) is 0 Å². The lowest BCUT2D eigenvalue weighted by molar-refractivity contribution is -0.0880. The van der Waals surface area contributed by atoms with Gasteiger partial charge in [0, 0.05) is 4.47 Å². The second-order valence-corrected chi connectivity index (χ2v) is 5.50. The topological polar surface area (TPSA) is 58.1 Å². The molecule has 0 aliphatic carbocycles. The Morgan fingerprint density at radius 2 is 2.06 bits per heavy atom. The molecule has 1 aliphatic heterocycles. The first-order chi connectivity index (χ1) is 8.73. The van der Waals surface area contributed by atoms with Gasteiger partial charge in [0.1, 0.15) is 5.82 Å². The summed E-state index contributed by atoms with van der Waals surface area (Å²) >= 11 is 3.41. The molecule has 0 spiro atoms. The maximum atomic E-state index is 9.46. The van der Waals surface area contributed by atoms with Crippen LogP contribution in [-0.2, 0) is 10.2 Å². The van der Waals surface area contributed by atoms with Crippen molar-refractivity contribution >= 4 is 15.9 Å². The van der Waals surface area contributed by atoms with Crippen LogP contribution in [0.4, 0.5) is 0 Å². The molecule has 18 heavy (non-hydrogen) atoms. The first-order valence-electron chi connectivity index (χ1n) is 5.74. The van der Waals surface area contributed by atoms with Crippen molar-refractivity contribution in [1.82, 2.24) is 9.97 Å². The van der Waals surface area contributed by atoms with Gasteiger partial charge in [-0.05, 0) is 17.7 Å². The molecule has 1 saturated heterocycles. The Labute approximate surface area is 113 Å². The molecule has 0 atom stereocenters. The quantitative estimate of drug-likeness (QED) is 0.913. The van der Waals surface area contributed by atoms with Crippen LogP contribution in [0.15, 0.2) is 34.9 Å². The molecular formula is C13H13BrN2O2. The van der Waals surface area contributed by atoms with Crippen LogP contribution in [0.1, 0.15) is 5.82 Å². The van der Waals surface area contributed by atoms with Crippen LogP contribution < -0.4 is 0 Å². The molecule has 3 rings (SSSR count). The Morgan fingerprint density at radius 3 is 2.61 bits per heavy atom. The number of aromatic amines is 1. The average molecular weight is 309 g/mol. The number of ether oxygens (including phenoxy) is 1. The number of H-pyrrole nitrogens is 1. The van der Waals surface area contributed by atoms with Crippen molar-refractivity contribution in [1.29, 1.82) is 0 Å². The fraction of sp³-hybridized carbons (Fsp3) is 0.308. The molecule has 0 radical (unpaired) electrons. The molecule has 0 saturated carbocycles. The Hall–Kier alpha value is -1.17. The lowest BCUT2D eigenvalue weighted by Gasteiger charge is -2.37. The molecule has 2 aromatic rings. The Morgan fingerprint density at radius 1 is 1.33 bits per heavy atom. The van der Waals surface area contributed by atoms with E-state index in [-0.39, 0.29) is 12.0 Å². The van der Waals surface area contributed by atoms with Gasteiger partial charge in [-0.15, -0.1) is 0 Å². The number of aliphatic hydroxyl groups excluding tert-OH is 1. The molecule has 0 amide bonds. The van der Waals surface area contributed by atoms with Crippen LogP contribution in [0, 0.1) is 0 Å². The van der Waals surface area contributed by atoms with Crippen molar-refractivity contribution in [3.8, 4) is 11.3 Å². The lowest BCUT2D eigenvalue weighted by Crippen LogP contribution is -2.50. The molecule has 4 nitrogen and oxygen atoms in total. The number of halogens is 1. The van der Waals surface area contributed by atoms with Gasteiger partial charge in [-0.1, -0.05) is 28.1 Å². The number of hydrogen-bond donors (Lipinski definition) is 2. The highest BCUT2D eigenvalue weighted by Crippen LogP contribution is 2.31. The summed E-state index contributed by atoms with van der Waals surface area (Å²) < 4.78 is 6.23. The number of nitrogens with zero attached hydrogens (tertiary/aromatic N) is 1. The minimum Gasteiger partial charge on any atom is -0.395 e. The number of imidazole rings is 1. The maximum absolute atomic E-state index is 9.46. The first kappa shape index (κ1) is 11.9. The van der Waals surface area contributed by atoms with Crippen molar-refractivity contribution < 1.29 is 9.84 Å². The van der Waals surface area contributed by atoms with Gasteiger partial charge < -0.3 is 14.8 Å². The van der Waals surface area contributed by atoms with Crippen LogP contribution >= 0.6 is 15.9 Å². The highest BCUT2D eigenvalue weighted by Gasteiger charge is 2.42. The number of aliphatic hydroxyl groups is 1. The standard InChI is InChI=1S/C13H13BrN2O2/c14-10-3-1-9(2-4-10)11-5-15-12(16-11)13(6-17)7-18-8-13/h1-5,17H,6-8H2,(H,15,16). The summed E-state index contributed by atoms with van der Waals surface area (Å²) in [4.78, 5) is 7.65. The largest absolute Gasteiger partial charge is 0.395 e. The van der Waals surface area contributed by atoms with E-state index in [9.17, 15) is 5.11 Å². The minimum atomic E-state index is -0.340. The summed E-state index contributed by atoms with van der Waals surface area (Å²) in [5.74, 6) is 0.800. The predicted molar refractivity (Wildman–Crippen MR) is 71.3 cm³/mol. The van der Waals surface area contributed by atoms with Crippen LogP contribution in [-0.4, -0.2) is 34.9 Å². The molecule has 2 heterocycles. The molecule has 1 aliphatic rings. The smallest absolute Gasteiger partial charge is 0.119 e. The van der Waals surface area contributed by atoms with E-state index in [1.165, 1.54) is 0 Å². The summed E-state index contributed by atoms with van der Waals surface area (Å²) in [6.45, 7) is 1.11. The zero-order valence-electron chi connectivity index (χ0n) is 9.69. The van der Waals surface area contributed by atoms with Crippen molar-refractivity contribution in [2.24, 2.45) is 0 Å². The fourth-order valence-electron chi connectivity index (χ4n) is 2.02. The van der Waals surface area contributed by atoms with Crippen LogP contribution in [0.25, 0.3) is 11.3 Å². The molecule has 2 N–H and O–H groups in total. The van der Waals surface area contributed by atoms with Gasteiger partial charge >= 0.3 is 0 Å². The Bertz CT molecular complexity index is 541. The number of nitrogens with one attached hydrogen (secondary N) is 1. The van der Waals surface area contributed by atoms with Crippen molar-refractivity contribution in [2.75, 3.05) is 19.8 Å². The number of benzene rings is 1. The van der Waals surface area contributed by atoms with Crippen LogP contribution in [0.5, 0.6) is 0 Å². The third-order valence-electron chi connectivity index (χ3n) is 3.29. The summed E-state index contributed by atoms with van der Waals surface area (Å²) in [5.41, 5.74) is 1.69. The van der Waals surface area contributed by atoms with Gasteiger partial charge in [0.05, 0.1) is 37.1 Å². The first-order valence-corrected chi connectivity index (χ1v) is 6.53. The van der Waals surface area contributed by atoms with E-state index in [1.54, 1.807) is 6.20 Å². The van der Waals surface area contributed by atoms with Crippen LogP contribution in [0.3, 0.4) is 0 Å². The van der Waals surface area contributed by atoms with Gasteiger partial charge in [0.15, 0.2) is 0 Å². The minimum absolute atomic E-state index is 0.0558. The van der Waals surface area contributed by atoms with Crippen LogP contribution in [0.2, 0.25) is 0 Å². The second kappa shape index (κ2) is 4.50. The average Bonchev–Trinajstić information content (AvgIpc) is 2.79. The molecule has 94 valence electrons. The van der Waals surface area contributed by atoms with E-state index in [2.05, 4.69) is 25.9 Å². The summed E-state index contributed by atoms with van der Waals surface area (Å²) in [6.07, 6.45) is 1.80.